The lowest BCUT2D eigenvalue weighted by Gasteiger charge is -2.15. The molecular formula is C10H10ClF3N2. The molecule has 1 aromatic rings. The third-order valence-electron chi connectivity index (χ3n) is 1.93. The van der Waals surface area contributed by atoms with Gasteiger partial charge in [0.2, 0.25) is 0 Å². The maximum absolute atomic E-state index is 12.1. The van der Waals surface area contributed by atoms with Crippen molar-refractivity contribution in [2.24, 2.45) is 5.73 Å². The monoisotopic (exact) mass is 250 g/mol. The number of hydrogen-bond donors (Lipinski definition) is 1. The first-order valence-corrected chi connectivity index (χ1v) is 4.25. The van der Waals surface area contributed by atoms with Crippen LogP contribution < -0.4 is 5.73 Å². The third kappa shape index (κ3) is 4.09. The van der Waals surface area contributed by atoms with E-state index in [1.807, 2.05) is 6.07 Å². The van der Waals surface area contributed by atoms with Crippen molar-refractivity contribution in [3.63, 3.8) is 0 Å². The second kappa shape index (κ2) is 5.73. The lowest BCUT2D eigenvalue weighted by atomic mass is 9.99. The average molecular weight is 251 g/mol. The van der Waals surface area contributed by atoms with Crippen LogP contribution in [0, 0.1) is 11.3 Å². The quantitative estimate of drug-likeness (QED) is 0.877. The van der Waals surface area contributed by atoms with E-state index in [9.17, 15) is 13.2 Å². The van der Waals surface area contributed by atoms with Crippen molar-refractivity contribution in [2.75, 3.05) is 0 Å². The second-order valence-electron chi connectivity index (χ2n) is 3.12. The summed E-state index contributed by atoms with van der Waals surface area (Å²) in [7, 11) is 0. The number of nitrogens with two attached hydrogens (primary N) is 1. The Kier molecular flexibility index (Phi) is 5.28. The number of rotatable bonds is 2. The molecule has 0 saturated carbocycles. The molecule has 0 radical (unpaired) electrons. The minimum atomic E-state index is -4.32. The number of nitrogens with zero attached hydrogens (tertiary/aromatic N) is 1. The summed E-state index contributed by atoms with van der Waals surface area (Å²) in [4.78, 5) is 0. The average Bonchev–Trinajstić information content (AvgIpc) is 2.15. The smallest absolute Gasteiger partial charge is 0.324 e. The van der Waals surface area contributed by atoms with Crippen molar-refractivity contribution in [3.8, 4) is 6.07 Å². The minimum Gasteiger partial charge on any atom is -0.324 e. The van der Waals surface area contributed by atoms with Crippen LogP contribution in [0.4, 0.5) is 13.2 Å². The first-order valence-electron chi connectivity index (χ1n) is 4.25. The number of benzene rings is 1. The van der Waals surface area contributed by atoms with Gasteiger partial charge in [0, 0.05) is 6.04 Å². The Bertz CT molecular complexity index is 384. The molecule has 0 fully saturated rings. The van der Waals surface area contributed by atoms with Gasteiger partial charge in [-0.1, -0.05) is 18.2 Å². The number of halogens is 4. The van der Waals surface area contributed by atoms with Gasteiger partial charge in [0.15, 0.2) is 0 Å². The van der Waals surface area contributed by atoms with E-state index in [0.29, 0.717) is 0 Å². The van der Waals surface area contributed by atoms with Crippen LogP contribution in [-0.2, 0) is 0 Å². The first-order chi connectivity index (χ1) is 6.94. The topological polar surface area (TPSA) is 49.8 Å². The van der Waals surface area contributed by atoms with Crippen LogP contribution in [0.25, 0.3) is 0 Å². The predicted molar refractivity (Wildman–Crippen MR) is 56.0 cm³/mol. The van der Waals surface area contributed by atoms with Crippen LogP contribution in [0.3, 0.4) is 0 Å². The zero-order valence-corrected chi connectivity index (χ0v) is 8.98. The van der Waals surface area contributed by atoms with Gasteiger partial charge >= 0.3 is 6.18 Å². The van der Waals surface area contributed by atoms with Crippen molar-refractivity contribution >= 4 is 12.4 Å². The highest BCUT2D eigenvalue weighted by molar-refractivity contribution is 5.85. The van der Waals surface area contributed by atoms with E-state index in [4.69, 9.17) is 11.0 Å². The highest BCUT2D eigenvalue weighted by atomic mass is 35.5. The summed E-state index contributed by atoms with van der Waals surface area (Å²) in [5.41, 5.74) is 5.81. The molecular weight excluding hydrogens is 241 g/mol. The van der Waals surface area contributed by atoms with Gasteiger partial charge in [-0.3, -0.25) is 0 Å². The molecule has 6 heteroatoms. The fourth-order valence-corrected chi connectivity index (χ4v) is 1.28. The zero-order chi connectivity index (χ0) is 11.5. The van der Waals surface area contributed by atoms with Gasteiger partial charge in [-0.25, -0.2) is 0 Å². The van der Waals surface area contributed by atoms with Crippen molar-refractivity contribution in [1.82, 2.24) is 0 Å². The van der Waals surface area contributed by atoms with E-state index in [-0.39, 0.29) is 23.5 Å². The molecule has 0 unspecified atom stereocenters. The molecule has 1 rings (SSSR count). The number of alkyl halides is 3. The normalized spacial score (nSPS) is 12.4. The molecule has 16 heavy (non-hydrogen) atoms. The Balaban J connectivity index is 0.00000225. The molecule has 88 valence electrons. The molecule has 0 aromatic heterocycles. The largest absolute Gasteiger partial charge is 0.390 e. The Hall–Kier alpha value is -1.25. The second-order valence-corrected chi connectivity index (χ2v) is 3.12. The molecule has 2 nitrogen and oxygen atoms in total. The summed E-state index contributed by atoms with van der Waals surface area (Å²) < 4.78 is 36.2. The lowest BCUT2D eigenvalue weighted by Crippen LogP contribution is -2.20. The summed E-state index contributed by atoms with van der Waals surface area (Å²) in [5, 5.41) is 8.68. The van der Waals surface area contributed by atoms with Gasteiger partial charge in [0.1, 0.15) is 0 Å². The molecule has 0 heterocycles. The van der Waals surface area contributed by atoms with Crippen LogP contribution in [0.15, 0.2) is 24.3 Å². The van der Waals surface area contributed by atoms with Crippen LogP contribution in [-0.4, -0.2) is 6.18 Å². The molecule has 0 saturated heterocycles. The first kappa shape index (κ1) is 14.8. The van der Waals surface area contributed by atoms with Gasteiger partial charge in [-0.15, -0.1) is 12.4 Å². The van der Waals surface area contributed by atoms with E-state index >= 15 is 0 Å². The molecule has 0 aliphatic rings. The molecule has 0 bridgehead atoms. The molecule has 0 amide bonds. The van der Waals surface area contributed by atoms with E-state index in [0.717, 1.165) is 0 Å². The van der Waals surface area contributed by atoms with Crippen LogP contribution in [0.5, 0.6) is 0 Å². The zero-order valence-electron chi connectivity index (χ0n) is 8.16. The number of hydrogen-bond acceptors (Lipinski definition) is 2. The number of nitriles is 1. The molecule has 1 aromatic carbocycles. The molecule has 2 N–H and O–H groups in total. The van der Waals surface area contributed by atoms with E-state index < -0.39 is 18.6 Å². The third-order valence-corrected chi connectivity index (χ3v) is 1.93. The molecule has 0 aliphatic carbocycles. The predicted octanol–water partition coefficient (Wildman–Crippen LogP) is 2.93. The van der Waals surface area contributed by atoms with Crippen molar-refractivity contribution in [2.45, 2.75) is 18.6 Å². The van der Waals surface area contributed by atoms with Gasteiger partial charge in [-0.05, 0) is 11.6 Å². The Morgan fingerprint density at radius 1 is 1.31 bits per heavy atom. The van der Waals surface area contributed by atoms with Crippen molar-refractivity contribution < 1.29 is 13.2 Å². The summed E-state index contributed by atoms with van der Waals surface area (Å²) in [5.74, 6) is 0. The van der Waals surface area contributed by atoms with Crippen LogP contribution >= 0.6 is 12.4 Å². The maximum Gasteiger partial charge on any atom is 0.390 e. The van der Waals surface area contributed by atoms with E-state index in [1.165, 1.54) is 12.1 Å². The highest BCUT2D eigenvalue weighted by Crippen LogP contribution is 2.29. The Morgan fingerprint density at radius 3 is 2.38 bits per heavy atom. The van der Waals surface area contributed by atoms with Crippen LogP contribution in [0.2, 0.25) is 0 Å². The summed E-state index contributed by atoms with van der Waals surface area (Å²) in [6, 6.07) is 6.67. The van der Waals surface area contributed by atoms with Crippen molar-refractivity contribution in [1.29, 1.82) is 5.26 Å². The fourth-order valence-electron chi connectivity index (χ4n) is 1.28. The highest BCUT2D eigenvalue weighted by Gasteiger charge is 2.31. The summed E-state index contributed by atoms with van der Waals surface area (Å²) >= 11 is 0. The summed E-state index contributed by atoms with van der Waals surface area (Å²) in [6.07, 6.45) is -5.44. The van der Waals surface area contributed by atoms with E-state index in [1.54, 1.807) is 12.1 Å². The Morgan fingerprint density at radius 2 is 1.88 bits per heavy atom. The van der Waals surface area contributed by atoms with E-state index in [2.05, 4.69) is 0 Å². The van der Waals surface area contributed by atoms with Crippen molar-refractivity contribution in [3.05, 3.63) is 35.4 Å². The van der Waals surface area contributed by atoms with Gasteiger partial charge in [-0.2, -0.15) is 18.4 Å². The fraction of sp³-hybridized carbons (Fsp3) is 0.300. The SMILES string of the molecule is Cl.N#Cc1ccccc1[C@@H](N)CC(F)(F)F. The Labute approximate surface area is 97.3 Å². The van der Waals surface area contributed by atoms with Gasteiger partial charge < -0.3 is 5.73 Å². The maximum atomic E-state index is 12.1. The minimum absolute atomic E-state index is 0. The standard InChI is InChI=1S/C10H9F3N2.ClH/c11-10(12,13)5-9(15)8-4-2-1-3-7(8)6-14;/h1-4,9H,5,15H2;1H/t9-;/m0./s1. The molecule has 0 spiro atoms. The van der Waals surface area contributed by atoms with Crippen LogP contribution in [0.1, 0.15) is 23.6 Å². The molecule has 1 atom stereocenters. The van der Waals surface area contributed by atoms with Gasteiger partial charge in [0.25, 0.3) is 0 Å². The lowest BCUT2D eigenvalue weighted by molar-refractivity contribution is -0.138. The van der Waals surface area contributed by atoms with Gasteiger partial charge in [0.05, 0.1) is 18.1 Å². The molecule has 0 aliphatic heterocycles. The summed E-state index contributed by atoms with van der Waals surface area (Å²) in [6.45, 7) is 0.